The van der Waals surface area contributed by atoms with Crippen molar-refractivity contribution in [3.05, 3.63) is 91.7 Å². The van der Waals surface area contributed by atoms with Crippen LogP contribution in [-0.4, -0.2) is 35.3 Å². The van der Waals surface area contributed by atoms with E-state index < -0.39 is 0 Å². The zero-order chi connectivity index (χ0) is 21.5. The number of pyridine rings is 1. The van der Waals surface area contributed by atoms with Crippen LogP contribution in [0.2, 0.25) is 0 Å². The minimum Gasteiger partial charge on any atom is -0.341 e. The van der Waals surface area contributed by atoms with E-state index in [4.69, 9.17) is 0 Å². The maximum atomic E-state index is 4.58. The van der Waals surface area contributed by atoms with E-state index in [-0.39, 0.29) is 6.04 Å². The summed E-state index contributed by atoms with van der Waals surface area (Å²) in [5, 5.41) is 8.52. The first-order chi connectivity index (χ1) is 15.8. The molecule has 7 heteroatoms. The minimum atomic E-state index is 0.204. The average Bonchev–Trinajstić information content (AvgIpc) is 3.35. The zero-order valence-corrected chi connectivity index (χ0v) is 17.8. The second-order valence-corrected chi connectivity index (χ2v) is 8.32. The summed E-state index contributed by atoms with van der Waals surface area (Å²) in [7, 11) is 0. The van der Waals surface area contributed by atoms with Crippen LogP contribution in [-0.2, 0) is 0 Å². The molecule has 1 saturated carbocycles. The minimum absolute atomic E-state index is 0.204. The van der Waals surface area contributed by atoms with Crippen LogP contribution in [0.15, 0.2) is 86.0 Å². The average molecular weight is 422 g/mol. The fourth-order valence-corrected chi connectivity index (χ4v) is 4.17. The molecule has 0 saturated heterocycles. The van der Waals surface area contributed by atoms with Gasteiger partial charge in [-0.2, -0.15) is 0 Å². The number of aromatic nitrogens is 6. The Balaban J connectivity index is 1.27. The Morgan fingerprint density at radius 2 is 1.88 bits per heavy atom. The highest BCUT2D eigenvalue weighted by Gasteiger charge is 2.26. The molecule has 7 nitrogen and oxygen atoms in total. The van der Waals surface area contributed by atoms with Gasteiger partial charge in [0.25, 0.3) is 0 Å². The number of anilines is 1. The molecule has 2 aliphatic rings. The van der Waals surface area contributed by atoms with Crippen molar-refractivity contribution in [2.75, 3.05) is 4.90 Å². The third-order valence-corrected chi connectivity index (χ3v) is 6.04. The van der Waals surface area contributed by atoms with E-state index in [1.165, 1.54) is 18.5 Å². The molecule has 3 aromatic heterocycles. The van der Waals surface area contributed by atoms with Gasteiger partial charge in [-0.3, -0.25) is 9.55 Å². The second-order valence-electron chi connectivity index (χ2n) is 8.32. The molecule has 0 bridgehead atoms. The van der Waals surface area contributed by atoms with E-state index in [1.807, 2.05) is 23.0 Å². The molecule has 1 aromatic carbocycles. The Morgan fingerprint density at radius 3 is 2.69 bits per heavy atom. The van der Waals surface area contributed by atoms with Crippen LogP contribution in [0, 0.1) is 0 Å². The van der Waals surface area contributed by atoms with Gasteiger partial charge >= 0.3 is 0 Å². The Morgan fingerprint density at radius 1 is 1.00 bits per heavy atom. The van der Waals surface area contributed by atoms with Gasteiger partial charge in [0.15, 0.2) is 5.82 Å². The van der Waals surface area contributed by atoms with Crippen LogP contribution >= 0.6 is 0 Å². The Bertz CT molecular complexity index is 1310. The number of imidazole rings is 1. The zero-order valence-electron chi connectivity index (χ0n) is 17.8. The number of allylic oxidation sites excluding steroid dienone is 2. The van der Waals surface area contributed by atoms with Gasteiger partial charge in [0.05, 0.1) is 23.8 Å². The summed E-state index contributed by atoms with van der Waals surface area (Å²) in [6.45, 7) is 2.20. The molecule has 0 N–H and O–H groups in total. The van der Waals surface area contributed by atoms with Gasteiger partial charge in [-0.15, -0.1) is 10.2 Å². The van der Waals surface area contributed by atoms with Gasteiger partial charge < -0.3 is 9.47 Å². The first kappa shape index (κ1) is 18.7. The number of benzene rings is 1. The molecule has 0 radical (unpaired) electrons. The molecule has 1 atom stereocenters. The van der Waals surface area contributed by atoms with Crippen molar-refractivity contribution in [1.29, 1.82) is 0 Å². The summed E-state index contributed by atoms with van der Waals surface area (Å²) in [5.41, 5.74) is 5.46. The molecule has 0 spiro atoms. The monoisotopic (exact) mass is 421 g/mol. The molecule has 158 valence electrons. The van der Waals surface area contributed by atoms with Crippen molar-refractivity contribution in [3.63, 3.8) is 0 Å². The van der Waals surface area contributed by atoms with E-state index in [1.54, 1.807) is 18.7 Å². The molecular formula is C25H23N7. The van der Waals surface area contributed by atoms with Crippen LogP contribution in [0.4, 0.5) is 5.69 Å². The Kier molecular flexibility index (Phi) is 4.45. The number of hydrogen-bond acceptors (Lipinski definition) is 5. The van der Waals surface area contributed by atoms with Crippen molar-refractivity contribution >= 4 is 11.4 Å². The highest BCUT2D eigenvalue weighted by atomic mass is 15.3. The third-order valence-electron chi connectivity index (χ3n) is 6.04. The Hall–Kier alpha value is -4.00. The summed E-state index contributed by atoms with van der Waals surface area (Å²) >= 11 is 0. The van der Waals surface area contributed by atoms with Crippen molar-refractivity contribution in [2.24, 2.45) is 0 Å². The van der Waals surface area contributed by atoms with E-state index >= 15 is 0 Å². The van der Waals surface area contributed by atoms with Gasteiger partial charge in [-0.1, -0.05) is 12.1 Å². The number of rotatable bonds is 5. The van der Waals surface area contributed by atoms with Gasteiger partial charge in [0, 0.05) is 47.7 Å². The van der Waals surface area contributed by atoms with E-state index in [0.29, 0.717) is 5.92 Å². The maximum absolute atomic E-state index is 4.58. The van der Waals surface area contributed by atoms with Crippen molar-refractivity contribution in [1.82, 2.24) is 29.3 Å². The van der Waals surface area contributed by atoms with Gasteiger partial charge in [-0.05, 0) is 56.2 Å². The van der Waals surface area contributed by atoms with E-state index in [0.717, 1.165) is 28.5 Å². The molecule has 1 unspecified atom stereocenters. The molecule has 1 fully saturated rings. The van der Waals surface area contributed by atoms with Crippen LogP contribution in [0.25, 0.3) is 22.8 Å². The second kappa shape index (κ2) is 7.60. The first-order valence-corrected chi connectivity index (χ1v) is 10.9. The third kappa shape index (κ3) is 3.41. The lowest BCUT2D eigenvalue weighted by atomic mass is 10.1. The van der Waals surface area contributed by atoms with Crippen molar-refractivity contribution in [2.45, 2.75) is 31.7 Å². The van der Waals surface area contributed by atoms with Crippen molar-refractivity contribution < 1.29 is 0 Å². The number of hydrogen-bond donors (Lipinski definition) is 0. The fraction of sp³-hybridized carbons (Fsp3) is 0.200. The smallest absolute Gasteiger partial charge is 0.168 e. The highest BCUT2D eigenvalue weighted by molar-refractivity contribution is 5.70. The molecule has 1 aliphatic heterocycles. The summed E-state index contributed by atoms with van der Waals surface area (Å²) in [4.78, 5) is 10.9. The summed E-state index contributed by atoms with van der Waals surface area (Å²) in [5.74, 6) is 1.46. The largest absolute Gasteiger partial charge is 0.341 e. The molecule has 4 aromatic rings. The van der Waals surface area contributed by atoms with Crippen LogP contribution in [0.3, 0.4) is 0 Å². The molecule has 32 heavy (non-hydrogen) atoms. The van der Waals surface area contributed by atoms with E-state index in [2.05, 4.69) is 85.4 Å². The molecule has 1 aliphatic carbocycles. The maximum Gasteiger partial charge on any atom is 0.168 e. The number of nitrogens with zero attached hydrogens (tertiary/aromatic N) is 7. The molecular weight excluding hydrogens is 398 g/mol. The van der Waals surface area contributed by atoms with Gasteiger partial charge in [0.2, 0.25) is 0 Å². The van der Waals surface area contributed by atoms with Crippen LogP contribution in [0.5, 0.6) is 0 Å². The van der Waals surface area contributed by atoms with Crippen LogP contribution < -0.4 is 4.90 Å². The van der Waals surface area contributed by atoms with Crippen LogP contribution in [0.1, 0.15) is 31.4 Å². The predicted octanol–water partition coefficient (Wildman–Crippen LogP) is 4.67. The van der Waals surface area contributed by atoms with Gasteiger partial charge in [-0.25, -0.2) is 4.98 Å². The molecule has 6 rings (SSSR count). The summed E-state index contributed by atoms with van der Waals surface area (Å²) in [6.07, 6.45) is 18.5. The highest BCUT2D eigenvalue weighted by Crippen LogP contribution is 2.39. The molecule has 4 heterocycles. The van der Waals surface area contributed by atoms with Gasteiger partial charge in [0.1, 0.15) is 6.33 Å². The summed E-state index contributed by atoms with van der Waals surface area (Å²) < 4.78 is 4.11. The molecule has 0 amide bonds. The normalized spacial score (nSPS) is 18.1. The topological polar surface area (TPSA) is 64.7 Å². The SMILES string of the molecule is CC1C=C(n2cnc(C3CC3)c2)C=CN1c1cccc(-c2nncn2-c2ccncc2)c1. The summed E-state index contributed by atoms with van der Waals surface area (Å²) in [6, 6.07) is 12.5. The predicted molar refractivity (Wildman–Crippen MR) is 124 cm³/mol. The standard InChI is InChI=1S/C25H23N7/c1-18-13-22(30-15-24(27-16-30)19-5-6-19)9-12-31(18)23-4-2-3-20(14-23)25-29-28-17-32(25)21-7-10-26-11-8-21/h2-4,7-19H,5-6H2,1H3. The fourth-order valence-electron chi connectivity index (χ4n) is 4.17. The van der Waals surface area contributed by atoms with Crippen molar-refractivity contribution in [3.8, 4) is 17.1 Å². The quantitative estimate of drug-likeness (QED) is 0.469. The van der Waals surface area contributed by atoms with E-state index in [9.17, 15) is 0 Å². The lowest BCUT2D eigenvalue weighted by molar-refractivity contribution is 0.840. The lowest BCUT2D eigenvalue weighted by Crippen LogP contribution is -2.28. The Labute approximate surface area is 186 Å². The lowest BCUT2D eigenvalue weighted by Gasteiger charge is -2.30. The first-order valence-electron chi connectivity index (χ1n) is 10.9.